The van der Waals surface area contributed by atoms with Crippen LogP contribution in [0.4, 0.5) is 4.39 Å². The lowest BCUT2D eigenvalue weighted by molar-refractivity contribution is 0.101. The lowest BCUT2D eigenvalue weighted by Gasteiger charge is -2.10. The lowest BCUT2D eigenvalue weighted by atomic mass is 10.1. The van der Waals surface area contributed by atoms with Gasteiger partial charge in [0.15, 0.2) is 11.5 Å². The van der Waals surface area contributed by atoms with E-state index in [1.165, 1.54) is 13.0 Å². The van der Waals surface area contributed by atoms with E-state index in [0.717, 1.165) is 6.07 Å². The third-order valence-electron chi connectivity index (χ3n) is 1.70. The Bertz CT molecular complexity index is 363. The third kappa shape index (κ3) is 2.04. The van der Waals surface area contributed by atoms with Crippen LogP contribution in [0.3, 0.4) is 0 Å². The Labute approximate surface area is 86.6 Å². The Hall–Kier alpha value is -1.09. The summed E-state index contributed by atoms with van der Waals surface area (Å²) in [5, 5.41) is 0.249. The largest absolute Gasteiger partial charge is 0.491 e. The summed E-state index contributed by atoms with van der Waals surface area (Å²) in [6.45, 7) is 3.35. The number of hydrogen-bond acceptors (Lipinski definition) is 2. The van der Waals surface area contributed by atoms with Gasteiger partial charge in [0.05, 0.1) is 17.2 Å². The summed E-state index contributed by atoms with van der Waals surface area (Å²) in [6.07, 6.45) is 0. The van der Waals surface area contributed by atoms with Crippen molar-refractivity contribution in [3.05, 3.63) is 28.5 Å². The van der Waals surface area contributed by atoms with Crippen molar-refractivity contribution >= 4 is 17.4 Å². The van der Waals surface area contributed by atoms with Crippen molar-refractivity contribution < 1.29 is 13.9 Å². The van der Waals surface area contributed by atoms with Crippen LogP contribution in [0, 0.1) is 5.82 Å². The van der Waals surface area contributed by atoms with Gasteiger partial charge in [-0.1, -0.05) is 11.6 Å². The van der Waals surface area contributed by atoms with Crippen molar-refractivity contribution in [3.8, 4) is 5.75 Å². The molecule has 0 fully saturated rings. The van der Waals surface area contributed by atoms with E-state index in [2.05, 4.69) is 0 Å². The van der Waals surface area contributed by atoms with Crippen LogP contribution in [-0.4, -0.2) is 12.4 Å². The summed E-state index contributed by atoms with van der Waals surface area (Å²) in [4.78, 5) is 11.1. The van der Waals surface area contributed by atoms with E-state index in [-0.39, 0.29) is 16.3 Å². The van der Waals surface area contributed by atoms with Crippen molar-refractivity contribution in [3.63, 3.8) is 0 Å². The highest BCUT2D eigenvalue weighted by Gasteiger charge is 2.17. The third-order valence-corrected chi connectivity index (χ3v) is 2.00. The smallest absolute Gasteiger partial charge is 0.166 e. The highest BCUT2D eigenvalue weighted by Crippen LogP contribution is 2.31. The molecule has 0 N–H and O–H groups in total. The van der Waals surface area contributed by atoms with E-state index in [1.54, 1.807) is 6.92 Å². The fraction of sp³-hybridized carbons (Fsp3) is 0.300. The van der Waals surface area contributed by atoms with Gasteiger partial charge in [-0.15, -0.1) is 0 Å². The number of rotatable bonds is 3. The molecule has 0 spiro atoms. The minimum absolute atomic E-state index is 0.0839. The molecule has 1 aromatic carbocycles. The van der Waals surface area contributed by atoms with Gasteiger partial charge in [0.25, 0.3) is 0 Å². The molecule has 0 aliphatic carbocycles. The fourth-order valence-corrected chi connectivity index (χ4v) is 1.36. The van der Waals surface area contributed by atoms with E-state index < -0.39 is 11.6 Å². The predicted molar refractivity (Wildman–Crippen MR) is 52.6 cm³/mol. The zero-order chi connectivity index (χ0) is 10.7. The number of Topliss-reactive ketones (excluding diaryl/α,β-unsaturated/α-hetero) is 1. The molecule has 2 nitrogen and oxygen atoms in total. The Morgan fingerprint density at radius 3 is 2.71 bits per heavy atom. The molecular weight excluding hydrogens is 207 g/mol. The van der Waals surface area contributed by atoms with E-state index >= 15 is 0 Å². The molecule has 0 heterocycles. The second-order valence-electron chi connectivity index (χ2n) is 2.72. The van der Waals surface area contributed by atoms with Crippen LogP contribution in [-0.2, 0) is 0 Å². The van der Waals surface area contributed by atoms with Crippen molar-refractivity contribution in [2.75, 3.05) is 6.61 Å². The summed E-state index contributed by atoms with van der Waals surface area (Å²) >= 11 is 5.78. The molecule has 4 heteroatoms. The molecule has 0 amide bonds. The molecule has 0 aromatic heterocycles. The van der Waals surface area contributed by atoms with E-state index in [4.69, 9.17) is 16.3 Å². The Balaban J connectivity index is 3.33. The Morgan fingerprint density at radius 2 is 2.21 bits per heavy atom. The molecule has 0 saturated carbocycles. The molecule has 0 unspecified atom stereocenters. The van der Waals surface area contributed by atoms with Crippen LogP contribution in [0.5, 0.6) is 5.75 Å². The molecule has 0 aliphatic rings. The SMILES string of the molecule is CCOc1c(Cl)ccc(F)c1C(C)=O. The van der Waals surface area contributed by atoms with Gasteiger partial charge < -0.3 is 4.74 Å². The molecule has 0 radical (unpaired) electrons. The molecular formula is C10H10ClFO2. The first kappa shape index (κ1) is 11.0. The van der Waals surface area contributed by atoms with Gasteiger partial charge in [-0.05, 0) is 26.0 Å². The first-order valence-electron chi connectivity index (χ1n) is 4.19. The second-order valence-corrected chi connectivity index (χ2v) is 3.13. The number of carbonyl (C=O) groups excluding carboxylic acids is 1. The summed E-state index contributed by atoms with van der Waals surface area (Å²) in [7, 11) is 0. The quantitative estimate of drug-likeness (QED) is 0.726. The van der Waals surface area contributed by atoms with Crippen LogP contribution in [0.15, 0.2) is 12.1 Å². The summed E-state index contributed by atoms with van der Waals surface area (Å²) in [5.41, 5.74) is -0.0839. The summed E-state index contributed by atoms with van der Waals surface area (Å²) in [5.74, 6) is -0.875. The van der Waals surface area contributed by atoms with Crippen LogP contribution in [0.2, 0.25) is 5.02 Å². The number of ether oxygens (including phenoxy) is 1. The van der Waals surface area contributed by atoms with Gasteiger partial charge >= 0.3 is 0 Å². The molecule has 1 rings (SSSR count). The maximum Gasteiger partial charge on any atom is 0.166 e. The zero-order valence-corrected chi connectivity index (χ0v) is 8.69. The van der Waals surface area contributed by atoms with Crippen LogP contribution < -0.4 is 4.74 Å². The van der Waals surface area contributed by atoms with Crippen molar-refractivity contribution in [1.82, 2.24) is 0 Å². The first-order chi connectivity index (χ1) is 6.57. The minimum Gasteiger partial charge on any atom is -0.491 e. The van der Waals surface area contributed by atoms with Gasteiger partial charge in [0, 0.05) is 0 Å². The van der Waals surface area contributed by atoms with Crippen LogP contribution >= 0.6 is 11.6 Å². The molecule has 14 heavy (non-hydrogen) atoms. The normalized spacial score (nSPS) is 10.0. The topological polar surface area (TPSA) is 26.3 Å². The second kappa shape index (κ2) is 4.42. The maximum atomic E-state index is 13.2. The Kier molecular flexibility index (Phi) is 3.47. The molecule has 0 bridgehead atoms. The first-order valence-corrected chi connectivity index (χ1v) is 4.57. The number of carbonyl (C=O) groups is 1. The van der Waals surface area contributed by atoms with Gasteiger partial charge in [0.2, 0.25) is 0 Å². The van der Waals surface area contributed by atoms with Gasteiger partial charge in [-0.2, -0.15) is 0 Å². The standard InChI is InChI=1S/C10H10ClFO2/c1-3-14-10-7(11)4-5-8(12)9(10)6(2)13/h4-5H,3H2,1-2H3. The van der Waals surface area contributed by atoms with Crippen LogP contribution in [0.25, 0.3) is 0 Å². The minimum atomic E-state index is -0.606. The molecule has 0 saturated heterocycles. The summed E-state index contributed by atoms with van der Waals surface area (Å²) in [6, 6.07) is 2.52. The van der Waals surface area contributed by atoms with Gasteiger partial charge in [-0.3, -0.25) is 4.79 Å². The monoisotopic (exact) mass is 216 g/mol. The Morgan fingerprint density at radius 1 is 1.57 bits per heavy atom. The summed E-state index contributed by atoms with van der Waals surface area (Å²) < 4.78 is 18.4. The maximum absolute atomic E-state index is 13.2. The predicted octanol–water partition coefficient (Wildman–Crippen LogP) is 3.08. The number of benzene rings is 1. The number of halogens is 2. The van der Waals surface area contributed by atoms with Crippen molar-refractivity contribution in [2.45, 2.75) is 13.8 Å². The molecule has 0 aliphatic heterocycles. The zero-order valence-electron chi connectivity index (χ0n) is 7.93. The van der Waals surface area contributed by atoms with Gasteiger partial charge in [0.1, 0.15) is 5.82 Å². The van der Waals surface area contributed by atoms with E-state index in [1.807, 2.05) is 0 Å². The van der Waals surface area contributed by atoms with Crippen molar-refractivity contribution in [2.24, 2.45) is 0 Å². The number of hydrogen-bond donors (Lipinski definition) is 0. The van der Waals surface area contributed by atoms with E-state index in [0.29, 0.717) is 6.61 Å². The highest BCUT2D eigenvalue weighted by molar-refractivity contribution is 6.32. The molecule has 1 aromatic rings. The average Bonchev–Trinajstić information content (AvgIpc) is 2.11. The van der Waals surface area contributed by atoms with Crippen LogP contribution in [0.1, 0.15) is 24.2 Å². The van der Waals surface area contributed by atoms with Crippen molar-refractivity contribution in [1.29, 1.82) is 0 Å². The highest BCUT2D eigenvalue weighted by atomic mass is 35.5. The molecule has 76 valence electrons. The molecule has 0 atom stereocenters. The lowest BCUT2D eigenvalue weighted by Crippen LogP contribution is -2.04. The number of ketones is 1. The van der Waals surface area contributed by atoms with E-state index in [9.17, 15) is 9.18 Å². The van der Waals surface area contributed by atoms with Gasteiger partial charge in [-0.25, -0.2) is 4.39 Å². The average molecular weight is 217 g/mol. The fourth-order valence-electron chi connectivity index (χ4n) is 1.15.